The number of amides is 1. The summed E-state index contributed by atoms with van der Waals surface area (Å²) in [6.07, 6.45) is 1.98. The van der Waals surface area contributed by atoms with Crippen LogP contribution in [0.2, 0.25) is 0 Å². The molecule has 166 valence electrons. The van der Waals surface area contributed by atoms with Gasteiger partial charge < -0.3 is 25.4 Å². The molecule has 3 N–H and O–H groups in total. The normalized spacial score (nSPS) is 18.4. The maximum atomic E-state index is 12.0. The predicted molar refractivity (Wildman–Crippen MR) is 125 cm³/mol. The van der Waals surface area contributed by atoms with Crippen LogP contribution in [0.4, 0.5) is 4.79 Å². The third-order valence-electron chi connectivity index (χ3n) is 4.35. The first-order valence-electron chi connectivity index (χ1n) is 9.75. The van der Waals surface area contributed by atoms with Crippen molar-refractivity contribution in [1.29, 1.82) is 0 Å². The van der Waals surface area contributed by atoms with Gasteiger partial charge in [-0.05, 0) is 54.0 Å². The fourth-order valence-corrected chi connectivity index (χ4v) is 2.99. The lowest BCUT2D eigenvalue weighted by Gasteiger charge is -2.30. The maximum Gasteiger partial charge on any atom is 0.408 e. The molecular formula is C19H40IN5O3. The van der Waals surface area contributed by atoms with Crippen molar-refractivity contribution in [2.45, 2.75) is 64.6 Å². The van der Waals surface area contributed by atoms with Crippen LogP contribution in [0.15, 0.2) is 4.99 Å². The SMILES string of the molecule is CN=C(NCC1CCCN1CCOC)NCC(C)(C)NC(=O)OC(C)(C)C.I. The van der Waals surface area contributed by atoms with E-state index in [1.807, 2.05) is 34.6 Å². The molecule has 1 heterocycles. The number of likely N-dealkylation sites (tertiary alicyclic amines) is 1. The molecule has 1 aliphatic rings. The molecule has 1 unspecified atom stereocenters. The molecule has 9 heteroatoms. The molecule has 1 amide bonds. The number of methoxy groups -OCH3 is 1. The molecule has 0 aromatic carbocycles. The van der Waals surface area contributed by atoms with Crippen molar-refractivity contribution < 1.29 is 14.3 Å². The Morgan fingerprint density at radius 3 is 2.46 bits per heavy atom. The van der Waals surface area contributed by atoms with E-state index >= 15 is 0 Å². The average Bonchev–Trinajstić information content (AvgIpc) is 2.98. The molecule has 8 nitrogen and oxygen atoms in total. The Morgan fingerprint density at radius 1 is 1.21 bits per heavy atom. The summed E-state index contributed by atoms with van der Waals surface area (Å²) in [6, 6.07) is 0.492. The van der Waals surface area contributed by atoms with Gasteiger partial charge in [-0.15, -0.1) is 24.0 Å². The molecule has 0 aliphatic carbocycles. The molecule has 0 spiro atoms. The van der Waals surface area contributed by atoms with E-state index in [1.54, 1.807) is 14.2 Å². The van der Waals surface area contributed by atoms with Crippen molar-refractivity contribution >= 4 is 36.0 Å². The summed E-state index contributed by atoms with van der Waals surface area (Å²) >= 11 is 0. The minimum Gasteiger partial charge on any atom is -0.444 e. The molecule has 1 aliphatic heterocycles. The van der Waals surface area contributed by atoms with E-state index in [9.17, 15) is 4.79 Å². The van der Waals surface area contributed by atoms with E-state index in [0.717, 1.165) is 32.2 Å². The zero-order chi connectivity index (χ0) is 20.5. The Kier molecular flexibility index (Phi) is 12.3. The van der Waals surface area contributed by atoms with Crippen LogP contribution in [0, 0.1) is 0 Å². The van der Waals surface area contributed by atoms with E-state index in [-0.39, 0.29) is 24.0 Å². The predicted octanol–water partition coefficient (Wildman–Crippen LogP) is 2.18. The number of guanidine groups is 1. The van der Waals surface area contributed by atoms with Gasteiger partial charge in [-0.1, -0.05) is 0 Å². The highest BCUT2D eigenvalue weighted by atomic mass is 127. The highest BCUT2D eigenvalue weighted by molar-refractivity contribution is 14.0. The van der Waals surface area contributed by atoms with E-state index in [0.29, 0.717) is 12.6 Å². The Morgan fingerprint density at radius 2 is 1.89 bits per heavy atom. The molecular weight excluding hydrogens is 473 g/mol. The Bertz CT molecular complexity index is 494. The van der Waals surface area contributed by atoms with Gasteiger partial charge in [0.25, 0.3) is 0 Å². The van der Waals surface area contributed by atoms with Crippen molar-refractivity contribution in [3.63, 3.8) is 0 Å². The Balaban J connectivity index is 0.00000729. The molecule has 0 saturated carbocycles. The first kappa shape index (κ1) is 27.2. The highest BCUT2D eigenvalue weighted by Gasteiger charge is 2.26. The lowest BCUT2D eigenvalue weighted by Crippen LogP contribution is -2.55. The summed E-state index contributed by atoms with van der Waals surface area (Å²) in [4.78, 5) is 18.7. The average molecular weight is 513 g/mol. The fraction of sp³-hybridized carbons (Fsp3) is 0.895. The second kappa shape index (κ2) is 12.7. The minimum absolute atomic E-state index is 0. The molecule has 0 radical (unpaired) electrons. The van der Waals surface area contributed by atoms with Crippen molar-refractivity contribution in [3.05, 3.63) is 0 Å². The highest BCUT2D eigenvalue weighted by Crippen LogP contribution is 2.15. The summed E-state index contributed by atoms with van der Waals surface area (Å²) in [6.45, 7) is 13.6. The number of carbonyl (C=O) groups excluding carboxylic acids is 1. The van der Waals surface area contributed by atoms with Gasteiger partial charge in [-0.2, -0.15) is 0 Å². The second-order valence-electron chi connectivity index (χ2n) is 8.64. The third-order valence-corrected chi connectivity index (χ3v) is 4.35. The molecule has 1 atom stereocenters. The van der Waals surface area contributed by atoms with Crippen LogP contribution in [-0.2, 0) is 9.47 Å². The van der Waals surface area contributed by atoms with Crippen LogP contribution in [0.1, 0.15) is 47.5 Å². The molecule has 1 saturated heterocycles. The summed E-state index contributed by atoms with van der Waals surface area (Å²) < 4.78 is 10.5. The van der Waals surface area contributed by atoms with Crippen LogP contribution in [0.5, 0.6) is 0 Å². The number of hydrogen-bond acceptors (Lipinski definition) is 5. The van der Waals surface area contributed by atoms with Crippen LogP contribution in [0.25, 0.3) is 0 Å². The van der Waals surface area contributed by atoms with E-state index in [4.69, 9.17) is 9.47 Å². The number of ether oxygens (including phenoxy) is 2. The monoisotopic (exact) mass is 513 g/mol. The Labute approximate surface area is 187 Å². The topological polar surface area (TPSA) is 87.2 Å². The van der Waals surface area contributed by atoms with Crippen molar-refractivity contribution in [2.75, 3.05) is 46.9 Å². The number of alkyl carbamates (subject to hydrolysis) is 1. The molecule has 1 fully saturated rings. The lowest BCUT2D eigenvalue weighted by molar-refractivity contribution is 0.0474. The number of carbonyl (C=O) groups is 1. The van der Waals surface area contributed by atoms with E-state index < -0.39 is 17.2 Å². The smallest absolute Gasteiger partial charge is 0.408 e. The zero-order valence-electron chi connectivity index (χ0n) is 18.6. The summed E-state index contributed by atoms with van der Waals surface area (Å²) in [5.74, 6) is 0.729. The number of nitrogens with zero attached hydrogens (tertiary/aromatic N) is 2. The van der Waals surface area contributed by atoms with E-state index in [2.05, 4.69) is 25.8 Å². The number of hydrogen-bond donors (Lipinski definition) is 3. The van der Waals surface area contributed by atoms with Gasteiger partial charge in [0.15, 0.2) is 5.96 Å². The number of halogens is 1. The van der Waals surface area contributed by atoms with Gasteiger partial charge in [-0.25, -0.2) is 4.79 Å². The van der Waals surface area contributed by atoms with Gasteiger partial charge in [-0.3, -0.25) is 9.89 Å². The molecule has 0 bridgehead atoms. The summed E-state index contributed by atoms with van der Waals surface area (Å²) in [5.41, 5.74) is -0.987. The first-order valence-corrected chi connectivity index (χ1v) is 9.75. The van der Waals surface area contributed by atoms with Gasteiger partial charge in [0.05, 0.1) is 12.1 Å². The Hall–Kier alpha value is -0.810. The van der Waals surface area contributed by atoms with E-state index in [1.165, 1.54) is 12.8 Å². The van der Waals surface area contributed by atoms with Gasteiger partial charge in [0, 0.05) is 39.8 Å². The summed E-state index contributed by atoms with van der Waals surface area (Å²) in [7, 11) is 3.49. The third kappa shape index (κ3) is 11.3. The van der Waals surface area contributed by atoms with Crippen LogP contribution >= 0.6 is 24.0 Å². The van der Waals surface area contributed by atoms with Crippen molar-refractivity contribution in [3.8, 4) is 0 Å². The molecule has 1 rings (SSSR count). The van der Waals surface area contributed by atoms with Crippen LogP contribution < -0.4 is 16.0 Å². The largest absolute Gasteiger partial charge is 0.444 e. The quantitative estimate of drug-likeness (QED) is 0.262. The van der Waals surface area contributed by atoms with Crippen molar-refractivity contribution in [2.24, 2.45) is 4.99 Å². The first-order chi connectivity index (χ1) is 12.6. The number of rotatable bonds is 8. The van der Waals surface area contributed by atoms with Crippen molar-refractivity contribution in [1.82, 2.24) is 20.9 Å². The molecule has 0 aromatic rings. The van der Waals surface area contributed by atoms with Gasteiger partial charge in [0.1, 0.15) is 5.60 Å². The molecule has 28 heavy (non-hydrogen) atoms. The van der Waals surface area contributed by atoms with Crippen LogP contribution in [0.3, 0.4) is 0 Å². The minimum atomic E-state index is -0.513. The lowest BCUT2D eigenvalue weighted by atomic mass is 10.1. The molecule has 0 aromatic heterocycles. The zero-order valence-corrected chi connectivity index (χ0v) is 20.9. The summed E-state index contributed by atoms with van der Waals surface area (Å²) in [5, 5.41) is 9.57. The maximum absolute atomic E-state index is 12.0. The standard InChI is InChI=1S/C19H39N5O3.HI/c1-18(2,3)27-17(25)23-19(4,5)14-22-16(20-6)21-13-15-9-8-10-24(15)11-12-26-7;/h15H,8-14H2,1-7H3,(H,23,25)(H2,20,21,22);1H. The number of aliphatic imine (C=N–C) groups is 1. The fourth-order valence-electron chi connectivity index (χ4n) is 2.99. The van der Waals surface area contributed by atoms with Gasteiger partial charge in [0.2, 0.25) is 0 Å². The number of nitrogens with one attached hydrogen (secondary N) is 3. The van der Waals surface area contributed by atoms with Crippen LogP contribution in [-0.4, -0.2) is 81.1 Å². The van der Waals surface area contributed by atoms with Gasteiger partial charge >= 0.3 is 6.09 Å². The second-order valence-corrected chi connectivity index (χ2v) is 8.64.